The van der Waals surface area contributed by atoms with E-state index in [9.17, 15) is 5.11 Å². The summed E-state index contributed by atoms with van der Waals surface area (Å²) in [5.41, 5.74) is 0.764. The van der Waals surface area contributed by atoms with E-state index in [0.717, 1.165) is 11.3 Å². The summed E-state index contributed by atoms with van der Waals surface area (Å²) in [6.45, 7) is 2.66. The Morgan fingerprint density at radius 3 is 2.47 bits per heavy atom. The number of hydrogen-bond donors (Lipinski definition) is 1. The molecular formula is C13H17NO3. The highest BCUT2D eigenvalue weighted by Gasteiger charge is 2.20. The van der Waals surface area contributed by atoms with Crippen molar-refractivity contribution in [2.75, 3.05) is 20.3 Å². The van der Waals surface area contributed by atoms with Gasteiger partial charge in [-0.3, -0.25) is 0 Å². The van der Waals surface area contributed by atoms with Gasteiger partial charge in [-0.1, -0.05) is 12.1 Å². The summed E-state index contributed by atoms with van der Waals surface area (Å²) in [7, 11) is 1.50. The zero-order valence-electron chi connectivity index (χ0n) is 10.1. The molecule has 0 saturated carbocycles. The second-order valence-corrected chi connectivity index (χ2v) is 3.63. The van der Waals surface area contributed by atoms with E-state index in [2.05, 4.69) is 6.07 Å². The molecule has 4 nitrogen and oxygen atoms in total. The number of ether oxygens (including phenoxy) is 2. The zero-order valence-corrected chi connectivity index (χ0v) is 10.1. The fraction of sp³-hybridized carbons (Fsp3) is 0.462. The molecule has 1 aromatic rings. The first-order chi connectivity index (χ1) is 8.22. The van der Waals surface area contributed by atoms with Crippen molar-refractivity contribution < 1.29 is 14.6 Å². The second-order valence-electron chi connectivity index (χ2n) is 3.63. The van der Waals surface area contributed by atoms with Gasteiger partial charge in [0.2, 0.25) is 0 Å². The molecule has 0 fully saturated rings. The van der Waals surface area contributed by atoms with E-state index in [1.807, 2.05) is 6.92 Å². The average molecular weight is 235 g/mol. The van der Waals surface area contributed by atoms with Gasteiger partial charge in [-0.2, -0.15) is 5.26 Å². The van der Waals surface area contributed by atoms with Crippen LogP contribution in [0.5, 0.6) is 5.75 Å². The smallest absolute Gasteiger partial charge is 0.119 e. The van der Waals surface area contributed by atoms with Crippen LogP contribution in [0.15, 0.2) is 24.3 Å². The van der Waals surface area contributed by atoms with Gasteiger partial charge in [-0.05, 0) is 24.6 Å². The molecule has 0 aliphatic carbocycles. The van der Waals surface area contributed by atoms with Gasteiger partial charge in [-0.25, -0.2) is 0 Å². The van der Waals surface area contributed by atoms with Gasteiger partial charge in [0.25, 0.3) is 0 Å². The van der Waals surface area contributed by atoms with Gasteiger partial charge in [0, 0.05) is 7.11 Å². The lowest BCUT2D eigenvalue weighted by Gasteiger charge is -2.16. The summed E-state index contributed by atoms with van der Waals surface area (Å²) >= 11 is 0. The van der Waals surface area contributed by atoms with Gasteiger partial charge < -0.3 is 14.6 Å². The third-order valence-corrected chi connectivity index (χ3v) is 2.41. The first kappa shape index (κ1) is 13.5. The maximum atomic E-state index is 9.76. The Labute approximate surface area is 101 Å². The number of rotatable bonds is 6. The molecule has 0 saturated heterocycles. The zero-order chi connectivity index (χ0) is 12.7. The molecule has 0 aliphatic heterocycles. The van der Waals surface area contributed by atoms with Gasteiger partial charge in [0.15, 0.2) is 0 Å². The number of benzene rings is 1. The normalized spacial score (nSPS) is 13.8. The first-order valence-corrected chi connectivity index (χ1v) is 5.52. The Balaban J connectivity index is 2.79. The van der Waals surface area contributed by atoms with Gasteiger partial charge in [0.1, 0.15) is 5.75 Å². The Hall–Kier alpha value is -1.57. The van der Waals surface area contributed by atoms with E-state index in [1.54, 1.807) is 24.3 Å². The van der Waals surface area contributed by atoms with Crippen molar-refractivity contribution in [2.24, 2.45) is 0 Å². The predicted molar refractivity (Wildman–Crippen MR) is 63.8 cm³/mol. The molecule has 1 N–H and O–H groups in total. The third-order valence-electron chi connectivity index (χ3n) is 2.41. The molecule has 1 rings (SSSR count). The van der Waals surface area contributed by atoms with Gasteiger partial charge in [0.05, 0.1) is 31.3 Å². The quantitative estimate of drug-likeness (QED) is 0.815. The standard InChI is InChI=1S/C13H17NO3/c1-3-17-11-6-4-10(5-7-11)12(8-14)13(15)9-16-2/h4-7,12-13,15H,3,9H2,1-2H3. The molecule has 92 valence electrons. The highest BCUT2D eigenvalue weighted by atomic mass is 16.5. The number of hydrogen-bond acceptors (Lipinski definition) is 4. The molecule has 1 aromatic carbocycles. The highest BCUT2D eigenvalue weighted by Crippen LogP contribution is 2.22. The van der Waals surface area contributed by atoms with E-state index in [0.29, 0.717) is 6.61 Å². The maximum absolute atomic E-state index is 9.76. The number of aliphatic hydroxyl groups is 1. The minimum Gasteiger partial charge on any atom is -0.494 e. The molecule has 0 bridgehead atoms. The van der Waals surface area contributed by atoms with E-state index in [-0.39, 0.29) is 6.61 Å². The lowest BCUT2D eigenvalue weighted by atomic mass is 9.95. The monoisotopic (exact) mass is 235 g/mol. The molecular weight excluding hydrogens is 218 g/mol. The third kappa shape index (κ3) is 3.74. The number of aliphatic hydroxyl groups excluding tert-OH is 1. The molecule has 4 heteroatoms. The Morgan fingerprint density at radius 2 is 2.00 bits per heavy atom. The Morgan fingerprint density at radius 1 is 1.35 bits per heavy atom. The van der Waals surface area contributed by atoms with E-state index < -0.39 is 12.0 Å². The van der Waals surface area contributed by atoms with Crippen LogP contribution in [0.25, 0.3) is 0 Å². The van der Waals surface area contributed by atoms with Crippen molar-refractivity contribution in [3.63, 3.8) is 0 Å². The van der Waals surface area contributed by atoms with Crippen molar-refractivity contribution in [1.82, 2.24) is 0 Å². The topological polar surface area (TPSA) is 62.5 Å². The molecule has 0 amide bonds. The summed E-state index contributed by atoms with van der Waals surface area (Å²) in [6, 6.07) is 9.25. The Kier molecular flexibility index (Phi) is 5.47. The van der Waals surface area contributed by atoms with Crippen LogP contribution in [0.1, 0.15) is 18.4 Å². The van der Waals surface area contributed by atoms with E-state index >= 15 is 0 Å². The molecule has 0 aliphatic rings. The molecule has 0 spiro atoms. The first-order valence-electron chi connectivity index (χ1n) is 5.52. The van der Waals surface area contributed by atoms with Crippen molar-refractivity contribution in [3.8, 4) is 11.8 Å². The fourth-order valence-corrected chi connectivity index (χ4v) is 1.59. The van der Waals surface area contributed by atoms with E-state index in [1.165, 1.54) is 7.11 Å². The lowest BCUT2D eigenvalue weighted by Crippen LogP contribution is -2.22. The molecule has 2 unspecified atom stereocenters. The largest absolute Gasteiger partial charge is 0.494 e. The van der Waals surface area contributed by atoms with Crippen LogP contribution in [-0.2, 0) is 4.74 Å². The van der Waals surface area contributed by atoms with Gasteiger partial charge >= 0.3 is 0 Å². The number of nitriles is 1. The average Bonchev–Trinajstić information content (AvgIpc) is 2.33. The molecule has 2 atom stereocenters. The van der Waals surface area contributed by atoms with Crippen LogP contribution in [0, 0.1) is 11.3 Å². The Bertz CT molecular complexity index is 369. The molecule has 17 heavy (non-hydrogen) atoms. The van der Waals surface area contributed by atoms with Crippen LogP contribution in [0.3, 0.4) is 0 Å². The van der Waals surface area contributed by atoms with Crippen molar-refractivity contribution in [2.45, 2.75) is 18.9 Å². The van der Waals surface area contributed by atoms with Crippen molar-refractivity contribution >= 4 is 0 Å². The lowest BCUT2D eigenvalue weighted by molar-refractivity contribution is 0.0571. The summed E-state index contributed by atoms with van der Waals surface area (Å²) in [5.74, 6) is 0.180. The molecule has 0 radical (unpaired) electrons. The minimum atomic E-state index is -0.817. The maximum Gasteiger partial charge on any atom is 0.119 e. The highest BCUT2D eigenvalue weighted by molar-refractivity contribution is 5.32. The molecule has 0 heterocycles. The minimum absolute atomic E-state index is 0.144. The SMILES string of the molecule is CCOc1ccc(C(C#N)C(O)COC)cc1. The van der Waals surface area contributed by atoms with Crippen LogP contribution < -0.4 is 4.74 Å². The van der Waals surface area contributed by atoms with E-state index in [4.69, 9.17) is 14.7 Å². The van der Waals surface area contributed by atoms with Crippen molar-refractivity contribution in [1.29, 1.82) is 5.26 Å². The van der Waals surface area contributed by atoms with Crippen LogP contribution >= 0.6 is 0 Å². The summed E-state index contributed by atoms with van der Waals surface area (Å²) in [5, 5.41) is 18.8. The second kappa shape index (κ2) is 6.89. The summed E-state index contributed by atoms with van der Waals surface area (Å²) < 4.78 is 10.2. The predicted octanol–water partition coefficient (Wildman–Crippen LogP) is 1.70. The van der Waals surface area contributed by atoms with Crippen molar-refractivity contribution in [3.05, 3.63) is 29.8 Å². The van der Waals surface area contributed by atoms with Gasteiger partial charge in [-0.15, -0.1) is 0 Å². The number of methoxy groups -OCH3 is 1. The summed E-state index contributed by atoms with van der Waals surface area (Å²) in [6.07, 6.45) is -0.817. The van der Waals surface area contributed by atoms with Crippen LogP contribution in [-0.4, -0.2) is 31.5 Å². The number of nitrogens with zero attached hydrogens (tertiary/aromatic N) is 1. The van der Waals surface area contributed by atoms with Crippen LogP contribution in [0.2, 0.25) is 0 Å². The fourth-order valence-electron chi connectivity index (χ4n) is 1.59. The van der Waals surface area contributed by atoms with Crippen LogP contribution in [0.4, 0.5) is 0 Å². The summed E-state index contributed by atoms with van der Waals surface area (Å²) in [4.78, 5) is 0. The molecule has 0 aromatic heterocycles.